The molecule has 2 fully saturated rings. The van der Waals surface area contributed by atoms with Crippen LogP contribution in [0.15, 0.2) is 24.3 Å². The topological polar surface area (TPSA) is 79.5 Å². The molecule has 1 aromatic carbocycles. The second kappa shape index (κ2) is 11.3. The fourth-order valence-corrected chi connectivity index (χ4v) is 4.27. The maximum absolute atomic E-state index is 12.6. The molecule has 1 aliphatic carbocycles. The minimum absolute atomic E-state index is 0.0756. The van der Waals surface area contributed by atoms with Crippen molar-refractivity contribution < 1.29 is 14.3 Å². The Morgan fingerprint density at radius 2 is 1.86 bits per heavy atom. The van der Waals surface area contributed by atoms with Gasteiger partial charge in [-0.1, -0.05) is 44.2 Å². The molecule has 3 N–H and O–H groups in total. The van der Waals surface area contributed by atoms with E-state index in [0.717, 1.165) is 25.9 Å². The number of amides is 2. The molecule has 1 aromatic rings. The second-order valence-corrected chi connectivity index (χ2v) is 8.34. The van der Waals surface area contributed by atoms with E-state index in [1.165, 1.54) is 32.1 Å². The molecule has 1 atom stereocenters. The third-order valence-corrected chi connectivity index (χ3v) is 5.90. The number of para-hydroxylation sites is 1. The average Bonchev–Trinajstić information content (AvgIpc) is 3.25. The molecule has 0 bridgehead atoms. The maximum Gasteiger partial charge on any atom is 0.253 e. The van der Waals surface area contributed by atoms with Crippen LogP contribution in [0.3, 0.4) is 0 Å². The molecule has 6 nitrogen and oxygen atoms in total. The van der Waals surface area contributed by atoms with Crippen molar-refractivity contribution in [3.63, 3.8) is 0 Å². The first kappa shape index (κ1) is 21.7. The lowest BCUT2D eigenvalue weighted by atomic mass is 9.86. The van der Waals surface area contributed by atoms with E-state index in [1.807, 2.05) is 6.07 Å². The van der Waals surface area contributed by atoms with Crippen LogP contribution in [0.4, 0.5) is 5.69 Å². The number of hydrogen-bond acceptors (Lipinski definition) is 4. The molecule has 7 heteroatoms. The Morgan fingerprint density at radius 3 is 2.62 bits per heavy atom. The van der Waals surface area contributed by atoms with E-state index in [0.29, 0.717) is 30.1 Å². The molecule has 1 saturated heterocycles. The van der Waals surface area contributed by atoms with E-state index < -0.39 is 0 Å². The van der Waals surface area contributed by atoms with Crippen LogP contribution < -0.4 is 16.0 Å². The van der Waals surface area contributed by atoms with Gasteiger partial charge < -0.3 is 20.7 Å². The molecule has 158 valence electrons. The Hall–Kier alpha value is -1.99. The van der Waals surface area contributed by atoms with E-state index in [-0.39, 0.29) is 23.0 Å². The highest BCUT2D eigenvalue weighted by Crippen LogP contribution is 2.27. The zero-order chi connectivity index (χ0) is 20.5. The summed E-state index contributed by atoms with van der Waals surface area (Å²) in [5.41, 5.74) is 1.07. The molecule has 1 unspecified atom stereocenters. The average molecular weight is 418 g/mol. The summed E-state index contributed by atoms with van der Waals surface area (Å²) >= 11 is 5.29. The number of anilines is 1. The Balaban J connectivity index is 1.46. The van der Waals surface area contributed by atoms with Crippen LogP contribution in [0, 0.1) is 5.92 Å². The molecule has 0 aromatic heterocycles. The maximum atomic E-state index is 12.6. The molecule has 2 amide bonds. The monoisotopic (exact) mass is 417 g/mol. The van der Waals surface area contributed by atoms with Gasteiger partial charge in [0.2, 0.25) is 5.91 Å². The molecule has 2 aliphatic rings. The number of carbonyl (C=O) groups excluding carboxylic acids is 2. The van der Waals surface area contributed by atoms with Gasteiger partial charge in [0.1, 0.15) is 0 Å². The Labute approximate surface area is 178 Å². The van der Waals surface area contributed by atoms with Gasteiger partial charge in [-0.15, -0.1) is 0 Å². The number of carbonyl (C=O) groups is 2. The van der Waals surface area contributed by atoms with Crippen molar-refractivity contribution in [1.29, 1.82) is 0 Å². The van der Waals surface area contributed by atoms with Crippen LogP contribution >= 0.6 is 12.2 Å². The molecular formula is C22H31N3O3S. The predicted octanol–water partition coefficient (Wildman–Crippen LogP) is 3.77. The lowest BCUT2D eigenvalue weighted by molar-refractivity contribution is -0.120. The summed E-state index contributed by atoms with van der Waals surface area (Å²) in [4.78, 5) is 24.8. The first-order valence-electron chi connectivity index (χ1n) is 10.7. The first-order chi connectivity index (χ1) is 14.1. The summed E-state index contributed by atoms with van der Waals surface area (Å²) < 4.78 is 5.55. The van der Waals surface area contributed by atoms with E-state index in [9.17, 15) is 9.59 Å². The zero-order valence-electron chi connectivity index (χ0n) is 16.9. The number of ether oxygens (including phenoxy) is 1. The highest BCUT2D eigenvalue weighted by molar-refractivity contribution is 7.80. The number of rotatable bonds is 7. The van der Waals surface area contributed by atoms with Crippen molar-refractivity contribution in [3.8, 4) is 0 Å². The summed E-state index contributed by atoms with van der Waals surface area (Å²) in [7, 11) is 0. The molecule has 0 spiro atoms. The van der Waals surface area contributed by atoms with Crippen LogP contribution in [-0.2, 0) is 9.53 Å². The fourth-order valence-electron chi connectivity index (χ4n) is 4.05. The molecule has 0 radical (unpaired) electrons. The van der Waals surface area contributed by atoms with Gasteiger partial charge in [0, 0.05) is 19.6 Å². The molecule has 3 rings (SSSR count). The van der Waals surface area contributed by atoms with E-state index in [2.05, 4.69) is 16.0 Å². The third-order valence-electron chi connectivity index (χ3n) is 5.69. The Kier molecular flexibility index (Phi) is 8.43. The number of thiocarbonyl (C=S) groups is 1. The van der Waals surface area contributed by atoms with Crippen molar-refractivity contribution in [1.82, 2.24) is 10.6 Å². The van der Waals surface area contributed by atoms with Gasteiger partial charge in [-0.05, 0) is 49.5 Å². The fraction of sp³-hybridized carbons (Fsp3) is 0.591. The van der Waals surface area contributed by atoms with Crippen LogP contribution in [0.2, 0.25) is 0 Å². The normalized spacial score (nSPS) is 19.5. The third kappa shape index (κ3) is 7.08. The smallest absolute Gasteiger partial charge is 0.253 e. The van der Waals surface area contributed by atoms with Crippen molar-refractivity contribution in [2.75, 3.05) is 18.5 Å². The first-order valence-corrected chi connectivity index (χ1v) is 11.1. The van der Waals surface area contributed by atoms with Gasteiger partial charge in [0.25, 0.3) is 5.91 Å². The lowest BCUT2D eigenvalue weighted by Crippen LogP contribution is -2.36. The van der Waals surface area contributed by atoms with Gasteiger partial charge in [-0.25, -0.2) is 0 Å². The molecule has 1 aliphatic heterocycles. The number of benzene rings is 1. The predicted molar refractivity (Wildman–Crippen MR) is 118 cm³/mol. The largest absolute Gasteiger partial charge is 0.376 e. The van der Waals surface area contributed by atoms with Crippen LogP contribution in [0.25, 0.3) is 0 Å². The summed E-state index contributed by atoms with van der Waals surface area (Å²) in [5, 5.41) is 8.87. The summed E-state index contributed by atoms with van der Waals surface area (Å²) in [6.45, 7) is 1.25. The number of hydrogen-bond donors (Lipinski definition) is 3. The van der Waals surface area contributed by atoms with E-state index in [4.69, 9.17) is 17.0 Å². The van der Waals surface area contributed by atoms with Gasteiger partial charge in [0.15, 0.2) is 5.11 Å². The van der Waals surface area contributed by atoms with E-state index >= 15 is 0 Å². The van der Waals surface area contributed by atoms with E-state index in [1.54, 1.807) is 18.2 Å². The van der Waals surface area contributed by atoms with Gasteiger partial charge in [-0.3, -0.25) is 9.59 Å². The summed E-state index contributed by atoms with van der Waals surface area (Å²) in [6, 6.07) is 7.15. The highest BCUT2D eigenvalue weighted by Gasteiger charge is 2.19. The minimum atomic E-state index is -0.185. The quantitative estimate of drug-likeness (QED) is 0.589. The summed E-state index contributed by atoms with van der Waals surface area (Å²) in [5.74, 6) is 0.396. The van der Waals surface area contributed by atoms with Crippen LogP contribution in [0.1, 0.15) is 68.1 Å². The Bertz CT molecular complexity index is 713. The van der Waals surface area contributed by atoms with Gasteiger partial charge >= 0.3 is 0 Å². The lowest BCUT2D eigenvalue weighted by Gasteiger charge is -2.21. The molecule has 1 saturated carbocycles. The van der Waals surface area contributed by atoms with Crippen molar-refractivity contribution >= 4 is 34.8 Å². The van der Waals surface area contributed by atoms with Crippen molar-refractivity contribution in [2.24, 2.45) is 5.92 Å². The van der Waals surface area contributed by atoms with Gasteiger partial charge in [0.05, 0.1) is 17.4 Å². The van der Waals surface area contributed by atoms with Crippen molar-refractivity contribution in [3.05, 3.63) is 29.8 Å². The highest BCUT2D eigenvalue weighted by atomic mass is 32.1. The molecular weight excluding hydrogens is 386 g/mol. The standard InChI is InChI=1S/C22H31N3O3S/c26-20(13-12-16-7-2-1-3-8-16)25-22(29)24-19-11-5-4-10-18(19)21(27)23-15-17-9-6-14-28-17/h4-5,10-11,16-17H,1-3,6-9,12-15H2,(H,23,27)(H2,24,25,26,29). The minimum Gasteiger partial charge on any atom is -0.376 e. The SMILES string of the molecule is O=C(CCC1CCCCC1)NC(=S)Nc1ccccc1C(=O)NCC1CCCO1. The van der Waals surface area contributed by atoms with Crippen molar-refractivity contribution in [2.45, 2.75) is 63.9 Å². The number of nitrogens with one attached hydrogen (secondary N) is 3. The molecule has 1 heterocycles. The molecule has 29 heavy (non-hydrogen) atoms. The van der Waals surface area contributed by atoms with Gasteiger partial charge in [-0.2, -0.15) is 0 Å². The Morgan fingerprint density at radius 1 is 1.07 bits per heavy atom. The van der Waals surface area contributed by atoms with Crippen LogP contribution in [-0.4, -0.2) is 36.2 Å². The zero-order valence-corrected chi connectivity index (χ0v) is 17.7. The van der Waals surface area contributed by atoms with Crippen LogP contribution in [0.5, 0.6) is 0 Å². The summed E-state index contributed by atoms with van der Waals surface area (Å²) in [6.07, 6.45) is 9.81. The second-order valence-electron chi connectivity index (χ2n) is 7.94.